The molecule has 4 heterocycles. The van der Waals surface area contributed by atoms with Crippen molar-refractivity contribution < 1.29 is 4.74 Å². The SMILES string of the molecule is c1ccc(OC[C@@H]2CN(Cc3cccc4[nH]ccc34)Cc3ccnn32)nc1. The minimum Gasteiger partial charge on any atom is -0.475 e. The molecule has 0 spiro atoms. The lowest BCUT2D eigenvalue weighted by Gasteiger charge is -2.33. The number of rotatable bonds is 5. The Bertz CT molecular complexity index is 1040. The molecule has 0 amide bonds. The fourth-order valence-corrected chi connectivity index (χ4v) is 3.85. The first-order valence-corrected chi connectivity index (χ1v) is 9.20. The number of nitrogens with zero attached hydrogens (tertiary/aromatic N) is 4. The van der Waals surface area contributed by atoms with E-state index in [1.165, 1.54) is 22.2 Å². The second kappa shape index (κ2) is 6.89. The van der Waals surface area contributed by atoms with Gasteiger partial charge in [-0.3, -0.25) is 9.58 Å². The molecule has 3 aromatic heterocycles. The van der Waals surface area contributed by atoms with Gasteiger partial charge in [0.2, 0.25) is 5.88 Å². The highest BCUT2D eigenvalue weighted by Gasteiger charge is 2.26. The van der Waals surface area contributed by atoms with E-state index in [0.717, 1.165) is 19.6 Å². The van der Waals surface area contributed by atoms with Crippen molar-refractivity contribution in [1.29, 1.82) is 0 Å². The number of H-pyrrole nitrogens is 1. The molecule has 0 bridgehead atoms. The Hall–Kier alpha value is -3.12. The van der Waals surface area contributed by atoms with E-state index in [0.29, 0.717) is 12.5 Å². The van der Waals surface area contributed by atoms with Crippen LogP contribution in [0.5, 0.6) is 5.88 Å². The highest BCUT2D eigenvalue weighted by molar-refractivity contribution is 5.82. The molecule has 1 aliphatic heterocycles. The molecule has 0 unspecified atom stereocenters. The zero-order chi connectivity index (χ0) is 18.1. The fraction of sp³-hybridized carbons (Fsp3) is 0.238. The summed E-state index contributed by atoms with van der Waals surface area (Å²) in [5.74, 6) is 0.653. The highest BCUT2D eigenvalue weighted by atomic mass is 16.5. The van der Waals surface area contributed by atoms with E-state index in [4.69, 9.17) is 4.74 Å². The van der Waals surface area contributed by atoms with E-state index in [9.17, 15) is 0 Å². The first-order chi connectivity index (χ1) is 13.4. The van der Waals surface area contributed by atoms with E-state index >= 15 is 0 Å². The number of hydrogen-bond acceptors (Lipinski definition) is 4. The lowest BCUT2D eigenvalue weighted by Crippen LogP contribution is -2.39. The molecule has 1 aromatic carbocycles. The summed E-state index contributed by atoms with van der Waals surface area (Å²) in [6.45, 7) is 3.24. The van der Waals surface area contributed by atoms with Crippen LogP contribution in [0.2, 0.25) is 0 Å². The van der Waals surface area contributed by atoms with Crippen LogP contribution in [0.3, 0.4) is 0 Å². The molecule has 1 atom stereocenters. The van der Waals surface area contributed by atoms with Gasteiger partial charge in [0.15, 0.2) is 0 Å². The summed E-state index contributed by atoms with van der Waals surface area (Å²) in [6.07, 6.45) is 5.63. The summed E-state index contributed by atoms with van der Waals surface area (Å²) in [4.78, 5) is 10.0. The van der Waals surface area contributed by atoms with Gasteiger partial charge in [0, 0.05) is 55.2 Å². The second-order valence-electron chi connectivity index (χ2n) is 6.93. The van der Waals surface area contributed by atoms with Crippen molar-refractivity contribution in [3.05, 3.63) is 78.4 Å². The van der Waals surface area contributed by atoms with Crippen LogP contribution < -0.4 is 4.74 Å². The molecule has 27 heavy (non-hydrogen) atoms. The molecule has 0 saturated heterocycles. The van der Waals surface area contributed by atoms with Crippen molar-refractivity contribution in [2.24, 2.45) is 0 Å². The zero-order valence-electron chi connectivity index (χ0n) is 15.0. The number of aromatic nitrogens is 4. The van der Waals surface area contributed by atoms with Crippen LogP contribution in [0.25, 0.3) is 10.9 Å². The number of nitrogens with one attached hydrogen (secondary N) is 1. The largest absolute Gasteiger partial charge is 0.475 e. The molecular formula is C21H21N5O. The normalized spacial score (nSPS) is 17.1. The predicted molar refractivity (Wildman–Crippen MR) is 103 cm³/mol. The second-order valence-corrected chi connectivity index (χ2v) is 6.93. The summed E-state index contributed by atoms with van der Waals surface area (Å²) in [5, 5.41) is 5.81. The van der Waals surface area contributed by atoms with Gasteiger partial charge in [-0.15, -0.1) is 0 Å². The maximum atomic E-state index is 5.92. The third-order valence-corrected chi connectivity index (χ3v) is 5.09. The lowest BCUT2D eigenvalue weighted by atomic mass is 10.1. The van der Waals surface area contributed by atoms with Crippen LogP contribution in [-0.4, -0.2) is 37.8 Å². The summed E-state index contributed by atoms with van der Waals surface area (Å²) in [7, 11) is 0. The van der Waals surface area contributed by atoms with Gasteiger partial charge in [-0.05, 0) is 29.8 Å². The van der Waals surface area contributed by atoms with E-state index in [1.54, 1.807) is 6.20 Å². The van der Waals surface area contributed by atoms with Gasteiger partial charge in [-0.25, -0.2) is 4.98 Å². The van der Waals surface area contributed by atoms with Gasteiger partial charge < -0.3 is 9.72 Å². The minimum atomic E-state index is 0.163. The van der Waals surface area contributed by atoms with Gasteiger partial charge >= 0.3 is 0 Å². The Balaban J connectivity index is 1.35. The molecule has 1 N–H and O–H groups in total. The third-order valence-electron chi connectivity index (χ3n) is 5.09. The number of fused-ring (bicyclic) bond motifs is 2. The van der Waals surface area contributed by atoms with Crippen molar-refractivity contribution in [2.75, 3.05) is 13.2 Å². The molecule has 5 rings (SSSR count). The van der Waals surface area contributed by atoms with Gasteiger partial charge in [0.1, 0.15) is 6.61 Å². The molecule has 4 aromatic rings. The molecule has 0 fully saturated rings. The average Bonchev–Trinajstić information content (AvgIpc) is 3.36. The monoisotopic (exact) mass is 359 g/mol. The van der Waals surface area contributed by atoms with Crippen molar-refractivity contribution >= 4 is 10.9 Å². The van der Waals surface area contributed by atoms with Crippen LogP contribution >= 0.6 is 0 Å². The fourth-order valence-electron chi connectivity index (χ4n) is 3.85. The van der Waals surface area contributed by atoms with E-state index in [-0.39, 0.29) is 6.04 Å². The topological polar surface area (TPSA) is 59.0 Å². The Morgan fingerprint density at radius 2 is 2.07 bits per heavy atom. The van der Waals surface area contributed by atoms with Crippen LogP contribution in [0.4, 0.5) is 0 Å². The van der Waals surface area contributed by atoms with Crippen LogP contribution in [0, 0.1) is 0 Å². The summed E-state index contributed by atoms with van der Waals surface area (Å²) < 4.78 is 8.02. The van der Waals surface area contributed by atoms with Crippen LogP contribution in [0.15, 0.2) is 67.1 Å². The molecule has 1 aliphatic rings. The first kappa shape index (κ1) is 16.1. The molecule has 0 saturated carbocycles. The first-order valence-electron chi connectivity index (χ1n) is 9.20. The van der Waals surface area contributed by atoms with Gasteiger partial charge in [0.25, 0.3) is 0 Å². The number of aromatic amines is 1. The van der Waals surface area contributed by atoms with E-state index in [1.807, 2.05) is 30.6 Å². The number of hydrogen-bond donors (Lipinski definition) is 1. The Morgan fingerprint density at radius 1 is 1.07 bits per heavy atom. The standard InChI is InChI=1S/C21H21N5O/c1-2-9-23-21(6-1)27-15-18-14-25(13-17-7-11-24-26(17)18)12-16-4-3-5-20-19(16)8-10-22-20/h1-11,18,22H,12-15H2/t18-/m0/s1. The molecule has 0 radical (unpaired) electrons. The molecule has 0 aliphatic carbocycles. The molecule has 6 heteroatoms. The van der Waals surface area contributed by atoms with Gasteiger partial charge in [0.05, 0.1) is 11.7 Å². The quantitative estimate of drug-likeness (QED) is 0.593. The maximum Gasteiger partial charge on any atom is 0.213 e. The molecular weight excluding hydrogens is 338 g/mol. The van der Waals surface area contributed by atoms with Crippen LogP contribution in [0.1, 0.15) is 17.3 Å². The van der Waals surface area contributed by atoms with Gasteiger partial charge in [-0.2, -0.15) is 5.10 Å². The average molecular weight is 359 g/mol. The predicted octanol–water partition coefficient (Wildman–Crippen LogP) is 3.40. The smallest absolute Gasteiger partial charge is 0.213 e. The third kappa shape index (κ3) is 3.19. The Morgan fingerprint density at radius 3 is 3.00 bits per heavy atom. The Kier molecular flexibility index (Phi) is 4.10. The van der Waals surface area contributed by atoms with Crippen molar-refractivity contribution in [2.45, 2.75) is 19.1 Å². The molecule has 136 valence electrons. The van der Waals surface area contributed by atoms with E-state index < -0.39 is 0 Å². The van der Waals surface area contributed by atoms with Gasteiger partial charge in [-0.1, -0.05) is 18.2 Å². The number of ether oxygens (including phenoxy) is 1. The number of benzene rings is 1. The number of pyridine rings is 1. The van der Waals surface area contributed by atoms with Crippen molar-refractivity contribution in [1.82, 2.24) is 24.6 Å². The Labute approximate surface area is 157 Å². The molecule has 6 nitrogen and oxygen atoms in total. The van der Waals surface area contributed by atoms with E-state index in [2.05, 4.69) is 55.0 Å². The maximum absolute atomic E-state index is 5.92. The lowest BCUT2D eigenvalue weighted by molar-refractivity contribution is 0.125. The summed E-state index contributed by atoms with van der Waals surface area (Å²) in [5.41, 5.74) is 3.74. The van der Waals surface area contributed by atoms with Crippen LogP contribution in [-0.2, 0) is 13.1 Å². The highest BCUT2D eigenvalue weighted by Crippen LogP contribution is 2.25. The minimum absolute atomic E-state index is 0.163. The summed E-state index contributed by atoms with van der Waals surface area (Å²) in [6, 6.07) is 16.6. The van der Waals surface area contributed by atoms with Crippen molar-refractivity contribution in [3.8, 4) is 5.88 Å². The van der Waals surface area contributed by atoms with Crippen molar-refractivity contribution in [3.63, 3.8) is 0 Å². The summed E-state index contributed by atoms with van der Waals surface area (Å²) >= 11 is 0. The zero-order valence-corrected chi connectivity index (χ0v) is 15.0.